The van der Waals surface area contributed by atoms with Crippen molar-refractivity contribution in [3.63, 3.8) is 0 Å². The first-order valence-corrected chi connectivity index (χ1v) is 7.38. The van der Waals surface area contributed by atoms with Crippen LogP contribution in [-0.2, 0) is 6.18 Å². The van der Waals surface area contributed by atoms with Crippen LogP contribution < -0.4 is 5.32 Å². The highest BCUT2D eigenvalue weighted by atomic mass is 127. The first kappa shape index (κ1) is 18.2. The van der Waals surface area contributed by atoms with Crippen LogP contribution in [0, 0.1) is 9.39 Å². The average Bonchev–Trinajstić information content (AvgIpc) is 2.47. The van der Waals surface area contributed by atoms with E-state index in [0.29, 0.717) is 15.7 Å². The number of carbonyl (C=O) groups excluding carboxylic acids is 1. The highest BCUT2D eigenvalue weighted by molar-refractivity contribution is 14.1. The Morgan fingerprint density at radius 2 is 1.71 bits per heavy atom. The molecule has 4 nitrogen and oxygen atoms in total. The summed E-state index contributed by atoms with van der Waals surface area (Å²) >= 11 is 1.87. The van der Waals surface area contributed by atoms with E-state index in [1.54, 1.807) is 0 Å². The van der Waals surface area contributed by atoms with Gasteiger partial charge in [0.05, 0.1) is 22.4 Å². The number of nitrogens with one attached hydrogen (secondary N) is 1. The average molecular weight is 453 g/mol. The van der Waals surface area contributed by atoms with Crippen LogP contribution >= 0.6 is 22.6 Å². The van der Waals surface area contributed by atoms with E-state index >= 15 is 0 Å². The molecular formula is C15H8F4INO3. The zero-order valence-electron chi connectivity index (χ0n) is 11.6. The van der Waals surface area contributed by atoms with E-state index in [-0.39, 0.29) is 17.3 Å². The first-order chi connectivity index (χ1) is 11.1. The number of benzene rings is 2. The summed E-state index contributed by atoms with van der Waals surface area (Å²) in [6.07, 6.45) is -4.73. The molecular weight excluding hydrogens is 445 g/mol. The van der Waals surface area contributed by atoms with Crippen LogP contribution in [0.15, 0.2) is 36.4 Å². The molecule has 0 radical (unpaired) electrons. The van der Waals surface area contributed by atoms with Crippen molar-refractivity contribution in [3.05, 3.63) is 62.5 Å². The summed E-state index contributed by atoms with van der Waals surface area (Å²) < 4.78 is 51.9. The lowest BCUT2D eigenvalue weighted by atomic mass is 10.1. The fraction of sp³-hybridized carbons (Fsp3) is 0.0667. The third kappa shape index (κ3) is 4.02. The van der Waals surface area contributed by atoms with E-state index < -0.39 is 35.0 Å². The minimum absolute atomic E-state index is 0.0905. The zero-order valence-corrected chi connectivity index (χ0v) is 13.8. The van der Waals surface area contributed by atoms with Crippen LogP contribution in [0.3, 0.4) is 0 Å². The van der Waals surface area contributed by atoms with Crippen LogP contribution in [0.25, 0.3) is 0 Å². The lowest BCUT2D eigenvalue weighted by Gasteiger charge is -2.11. The molecule has 0 aliphatic heterocycles. The number of halogens is 5. The predicted octanol–water partition coefficient (Wildman–Crippen LogP) is 4.40. The lowest BCUT2D eigenvalue weighted by molar-refractivity contribution is -0.137. The van der Waals surface area contributed by atoms with E-state index in [4.69, 9.17) is 5.11 Å². The number of carboxylic acids is 1. The molecule has 0 unspecified atom stereocenters. The van der Waals surface area contributed by atoms with E-state index in [1.165, 1.54) is 18.2 Å². The molecule has 2 aromatic rings. The van der Waals surface area contributed by atoms with Crippen molar-refractivity contribution in [1.82, 2.24) is 0 Å². The van der Waals surface area contributed by atoms with Crippen molar-refractivity contribution in [2.75, 3.05) is 5.32 Å². The summed E-state index contributed by atoms with van der Waals surface area (Å²) in [7, 11) is 0. The molecule has 126 valence electrons. The van der Waals surface area contributed by atoms with Crippen LogP contribution in [0.1, 0.15) is 26.3 Å². The minimum atomic E-state index is -4.73. The van der Waals surface area contributed by atoms with Gasteiger partial charge >= 0.3 is 12.1 Å². The Morgan fingerprint density at radius 3 is 2.25 bits per heavy atom. The quantitative estimate of drug-likeness (QED) is 0.535. The molecule has 24 heavy (non-hydrogen) atoms. The molecule has 0 saturated heterocycles. The fourth-order valence-electron chi connectivity index (χ4n) is 1.87. The van der Waals surface area contributed by atoms with E-state index in [1.807, 2.05) is 22.6 Å². The number of aromatic carboxylic acids is 1. The van der Waals surface area contributed by atoms with Gasteiger partial charge in [-0.2, -0.15) is 13.2 Å². The van der Waals surface area contributed by atoms with Gasteiger partial charge in [-0.3, -0.25) is 4.79 Å². The van der Waals surface area contributed by atoms with Gasteiger partial charge in [0.2, 0.25) is 0 Å². The maximum atomic E-state index is 13.8. The lowest BCUT2D eigenvalue weighted by Crippen LogP contribution is -2.17. The normalized spacial score (nSPS) is 11.2. The molecule has 0 spiro atoms. The minimum Gasteiger partial charge on any atom is -0.478 e. The molecule has 2 aromatic carbocycles. The van der Waals surface area contributed by atoms with E-state index in [9.17, 15) is 27.2 Å². The second-order valence-corrected chi connectivity index (χ2v) is 5.89. The van der Waals surface area contributed by atoms with Gasteiger partial charge in [-0.1, -0.05) is 0 Å². The molecule has 0 aliphatic rings. The van der Waals surface area contributed by atoms with Crippen molar-refractivity contribution >= 4 is 40.2 Å². The van der Waals surface area contributed by atoms with Gasteiger partial charge in [0.1, 0.15) is 5.82 Å². The number of rotatable bonds is 3. The van der Waals surface area contributed by atoms with Crippen molar-refractivity contribution in [2.45, 2.75) is 6.18 Å². The van der Waals surface area contributed by atoms with Crippen LogP contribution in [0.4, 0.5) is 23.2 Å². The number of hydrogen-bond acceptors (Lipinski definition) is 2. The maximum Gasteiger partial charge on any atom is 0.416 e. The van der Waals surface area contributed by atoms with Crippen molar-refractivity contribution < 1.29 is 32.3 Å². The van der Waals surface area contributed by atoms with Crippen molar-refractivity contribution in [3.8, 4) is 0 Å². The van der Waals surface area contributed by atoms with Gasteiger partial charge in [0.15, 0.2) is 0 Å². The molecule has 0 bridgehead atoms. The monoisotopic (exact) mass is 453 g/mol. The summed E-state index contributed by atoms with van der Waals surface area (Å²) in [6.45, 7) is 0. The Kier molecular flexibility index (Phi) is 5.11. The molecule has 0 aliphatic carbocycles. The molecule has 0 atom stereocenters. The Hall–Kier alpha value is -2.17. The second-order valence-electron chi connectivity index (χ2n) is 4.64. The van der Waals surface area contributed by atoms with Gasteiger partial charge in [0.25, 0.3) is 5.91 Å². The second kappa shape index (κ2) is 6.75. The molecule has 0 saturated carbocycles. The highest BCUT2D eigenvalue weighted by Gasteiger charge is 2.31. The largest absolute Gasteiger partial charge is 0.478 e. The summed E-state index contributed by atoms with van der Waals surface area (Å²) in [5, 5.41) is 11.3. The molecule has 0 fully saturated rings. The van der Waals surface area contributed by atoms with Crippen LogP contribution in [-0.4, -0.2) is 17.0 Å². The molecule has 0 heterocycles. The van der Waals surface area contributed by atoms with E-state index in [2.05, 4.69) is 5.32 Å². The molecule has 2 rings (SSSR count). The molecule has 2 N–H and O–H groups in total. The Bertz CT molecular complexity index is 821. The Morgan fingerprint density at radius 1 is 1.04 bits per heavy atom. The van der Waals surface area contributed by atoms with Crippen molar-refractivity contribution in [2.24, 2.45) is 0 Å². The topological polar surface area (TPSA) is 66.4 Å². The van der Waals surface area contributed by atoms with Crippen LogP contribution in [0.5, 0.6) is 0 Å². The maximum absolute atomic E-state index is 13.8. The molecule has 1 amide bonds. The third-order valence-electron chi connectivity index (χ3n) is 3.00. The summed E-state index contributed by atoms with van der Waals surface area (Å²) in [5.74, 6) is -3.72. The first-order valence-electron chi connectivity index (χ1n) is 6.30. The highest BCUT2D eigenvalue weighted by Crippen LogP contribution is 2.30. The summed E-state index contributed by atoms with van der Waals surface area (Å²) in [5.41, 5.74) is -2.16. The SMILES string of the molecule is O=C(Nc1ccc(I)cc1C(=O)O)c1ccc(C(F)(F)F)cc1F. The smallest absolute Gasteiger partial charge is 0.416 e. The number of carbonyl (C=O) groups is 2. The van der Waals surface area contributed by atoms with Gasteiger partial charge in [-0.05, 0) is 59.0 Å². The fourth-order valence-corrected chi connectivity index (χ4v) is 2.36. The van der Waals surface area contributed by atoms with Gasteiger partial charge < -0.3 is 10.4 Å². The summed E-state index contributed by atoms with van der Waals surface area (Å²) in [6, 6.07) is 5.60. The number of amides is 1. The van der Waals surface area contributed by atoms with E-state index in [0.717, 1.165) is 0 Å². The van der Waals surface area contributed by atoms with Gasteiger partial charge in [-0.25, -0.2) is 9.18 Å². The molecule has 9 heteroatoms. The zero-order chi connectivity index (χ0) is 18.1. The van der Waals surface area contributed by atoms with Crippen molar-refractivity contribution in [1.29, 1.82) is 0 Å². The standard InChI is InChI=1S/C15H8F4INO3/c16-11-5-7(15(17,18)19)1-3-9(11)13(22)21-12-4-2-8(20)6-10(12)14(23)24/h1-6H,(H,21,22)(H,23,24). The van der Waals surface area contributed by atoms with Crippen LogP contribution in [0.2, 0.25) is 0 Å². The number of hydrogen-bond donors (Lipinski definition) is 2. The Labute approximate surface area is 146 Å². The molecule has 0 aromatic heterocycles. The third-order valence-corrected chi connectivity index (χ3v) is 3.67. The predicted molar refractivity (Wildman–Crippen MR) is 85.5 cm³/mol. The van der Waals surface area contributed by atoms with Gasteiger partial charge in [0, 0.05) is 3.57 Å². The van der Waals surface area contributed by atoms with Gasteiger partial charge in [-0.15, -0.1) is 0 Å². The number of carboxylic acid groups (broad SMARTS) is 1. The Balaban J connectivity index is 2.33. The number of anilines is 1. The summed E-state index contributed by atoms with van der Waals surface area (Å²) in [4.78, 5) is 23.2. The number of alkyl halides is 3.